The topological polar surface area (TPSA) is 73.0 Å². The van der Waals surface area contributed by atoms with Crippen LogP contribution < -0.4 is 5.32 Å². The molecule has 0 bridgehead atoms. The number of hydrogen-bond donors (Lipinski definition) is 1. The zero-order chi connectivity index (χ0) is 17.3. The van der Waals surface area contributed by atoms with Crippen molar-refractivity contribution >= 4 is 16.9 Å². The Morgan fingerprint density at radius 1 is 1.38 bits per heavy atom. The van der Waals surface area contributed by atoms with Crippen molar-refractivity contribution in [2.45, 2.75) is 46.2 Å². The smallest absolute Gasteiger partial charge is 0.252 e. The van der Waals surface area contributed by atoms with Gasteiger partial charge in [-0.15, -0.1) is 0 Å². The van der Waals surface area contributed by atoms with Gasteiger partial charge in [-0.25, -0.2) is 9.67 Å². The van der Waals surface area contributed by atoms with Crippen molar-refractivity contribution in [3.63, 3.8) is 0 Å². The molecule has 0 spiro atoms. The fraction of sp³-hybridized carbons (Fsp3) is 0.389. The first-order chi connectivity index (χ1) is 11.5. The van der Waals surface area contributed by atoms with E-state index in [1.165, 1.54) is 0 Å². The summed E-state index contributed by atoms with van der Waals surface area (Å²) in [5.74, 6) is 0.513. The van der Waals surface area contributed by atoms with E-state index in [9.17, 15) is 4.79 Å². The molecule has 24 heavy (non-hydrogen) atoms. The lowest BCUT2D eigenvalue weighted by molar-refractivity contribution is 0.0941. The highest BCUT2D eigenvalue weighted by atomic mass is 16.3. The van der Waals surface area contributed by atoms with Gasteiger partial charge in [0.05, 0.1) is 23.4 Å². The first kappa shape index (κ1) is 16.2. The highest BCUT2D eigenvalue weighted by Gasteiger charge is 2.20. The number of aromatic nitrogens is 3. The summed E-state index contributed by atoms with van der Waals surface area (Å²) in [4.78, 5) is 17.4. The Balaban J connectivity index is 2.17. The minimum atomic E-state index is -0.118. The van der Waals surface area contributed by atoms with Crippen LogP contribution >= 0.6 is 0 Å². The summed E-state index contributed by atoms with van der Waals surface area (Å²) in [7, 11) is 0. The van der Waals surface area contributed by atoms with Crippen molar-refractivity contribution in [3.8, 4) is 11.5 Å². The summed E-state index contributed by atoms with van der Waals surface area (Å²) in [6.45, 7) is 8.10. The lowest BCUT2D eigenvalue weighted by Gasteiger charge is -2.13. The number of rotatable bonds is 5. The van der Waals surface area contributed by atoms with Crippen LogP contribution in [0.15, 0.2) is 35.1 Å². The van der Waals surface area contributed by atoms with E-state index in [1.54, 1.807) is 24.6 Å². The normalized spacial score (nSPS) is 12.7. The number of carbonyl (C=O) groups is 1. The Morgan fingerprint density at radius 2 is 2.17 bits per heavy atom. The summed E-state index contributed by atoms with van der Waals surface area (Å²) in [6, 6.07) is 5.66. The van der Waals surface area contributed by atoms with Gasteiger partial charge >= 0.3 is 0 Å². The van der Waals surface area contributed by atoms with Gasteiger partial charge in [-0.2, -0.15) is 5.10 Å². The summed E-state index contributed by atoms with van der Waals surface area (Å²) in [6.07, 6.45) is 4.18. The van der Waals surface area contributed by atoms with E-state index < -0.39 is 0 Å². The second kappa shape index (κ2) is 6.47. The monoisotopic (exact) mass is 326 g/mol. The third kappa shape index (κ3) is 2.91. The van der Waals surface area contributed by atoms with Crippen LogP contribution in [0.3, 0.4) is 0 Å². The molecule has 0 fully saturated rings. The van der Waals surface area contributed by atoms with Crippen LogP contribution in [-0.2, 0) is 0 Å². The number of amides is 1. The maximum Gasteiger partial charge on any atom is 0.252 e. The van der Waals surface area contributed by atoms with Crippen molar-refractivity contribution in [3.05, 3.63) is 36.2 Å². The molecule has 0 aromatic carbocycles. The zero-order valence-electron chi connectivity index (χ0n) is 14.4. The highest BCUT2D eigenvalue weighted by molar-refractivity contribution is 6.06. The number of nitrogens with one attached hydrogen (secondary N) is 1. The van der Waals surface area contributed by atoms with E-state index in [0.717, 1.165) is 11.8 Å². The maximum absolute atomic E-state index is 12.7. The predicted octanol–water partition coefficient (Wildman–Crippen LogP) is 3.80. The molecule has 1 N–H and O–H groups in total. The second-order valence-electron chi connectivity index (χ2n) is 6.24. The van der Waals surface area contributed by atoms with Gasteiger partial charge in [0.2, 0.25) is 0 Å². The maximum atomic E-state index is 12.7. The zero-order valence-corrected chi connectivity index (χ0v) is 14.4. The molecule has 6 nitrogen and oxygen atoms in total. The molecule has 1 unspecified atom stereocenters. The van der Waals surface area contributed by atoms with Crippen molar-refractivity contribution in [2.75, 3.05) is 0 Å². The largest absolute Gasteiger partial charge is 0.463 e. The first-order valence-corrected chi connectivity index (χ1v) is 8.24. The molecule has 3 heterocycles. The predicted molar refractivity (Wildman–Crippen MR) is 92.8 cm³/mol. The van der Waals surface area contributed by atoms with Crippen molar-refractivity contribution in [1.82, 2.24) is 20.1 Å². The van der Waals surface area contributed by atoms with Crippen molar-refractivity contribution in [1.29, 1.82) is 0 Å². The van der Waals surface area contributed by atoms with E-state index in [1.807, 2.05) is 38.4 Å². The molecule has 0 aliphatic heterocycles. The SMILES string of the molecule is CCC(C)NC(=O)c1cc(-c2ccco2)nc2c1cnn2C(C)C. The lowest BCUT2D eigenvalue weighted by atomic mass is 10.1. The van der Waals surface area contributed by atoms with E-state index in [2.05, 4.69) is 15.4 Å². The van der Waals surface area contributed by atoms with Gasteiger partial charge in [-0.05, 0) is 45.4 Å². The molecular weight excluding hydrogens is 304 g/mol. The van der Waals surface area contributed by atoms with Gasteiger partial charge in [-0.1, -0.05) is 6.92 Å². The first-order valence-electron chi connectivity index (χ1n) is 8.24. The second-order valence-corrected chi connectivity index (χ2v) is 6.24. The molecule has 1 amide bonds. The van der Waals surface area contributed by atoms with Gasteiger partial charge in [0.1, 0.15) is 5.69 Å². The van der Waals surface area contributed by atoms with Crippen LogP contribution in [-0.4, -0.2) is 26.7 Å². The Morgan fingerprint density at radius 3 is 2.79 bits per heavy atom. The Labute approximate surface area is 140 Å². The van der Waals surface area contributed by atoms with Crippen LogP contribution in [0.2, 0.25) is 0 Å². The molecule has 3 aromatic heterocycles. The molecule has 0 aliphatic rings. The van der Waals surface area contributed by atoms with Gasteiger partial charge < -0.3 is 9.73 Å². The minimum Gasteiger partial charge on any atom is -0.463 e. The Hall–Kier alpha value is -2.63. The van der Waals surface area contributed by atoms with Gasteiger partial charge in [0.15, 0.2) is 11.4 Å². The standard InChI is InChI=1S/C18H22N4O2/c1-5-12(4)20-18(23)13-9-15(16-7-6-8-24-16)21-17-14(13)10-19-22(17)11(2)3/h6-12H,5H2,1-4H3,(H,20,23). The van der Waals surface area contributed by atoms with E-state index in [4.69, 9.17) is 4.42 Å². The van der Waals surface area contributed by atoms with Gasteiger partial charge in [0.25, 0.3) is 5.91 Å². The van der Waals surface area contributed by atoms with Crippen LogP contribution in [0.1, 0.15) is 50.5 Å². The average molecular weight is 326 g/mol. The molecular formula is C18H22N4O2. The summed E-state index contributed by atoms with van der Waals surface area (Å²) < 4.78 is 7.28. The Kier molecular flexibility index (Phi) is 4.38. The summed E-state index contributed by atoms with van der Waals surface area (Å²) >= 11 is 0. The van der Waals surface area contributed by atoms with Gasteiger partial charge in [-0.3, -0.25) is 4.79 Å². The molecule has 0 radical (unpaired) electrons. The van der Waals surface area contributed by atoms with Gasteiger partial charge in [0, 0.05) is 12.1 Å². The van der Waals surface area contributed by atoms with Crippen LogP contribution in [0, 0.1) is 0 Å². The van der Waals surface area contributed by atoms with E-state index in [-0.39, 0.29) is 18.0 Å². The number of fused-ring (bicyclic) bond motifs is 1. The molecule has 0 saturated heterocycles. The van der Waals surface area contributed by atoms with Crippen LogP contribution in [0.4, 0.5) is 0 Å². The van der Waals surface area contributed by atoms with Crippen LogP contribution in [0.5, 0.6) is 0 Å². The number of carbonyl (C=O) groups excluding carboxylic acids is 1. The number of hydrogen-bond acceptors (Lipinski definition) is 4. The minimum absolute atomic E-state index is 0.105. The fourth-order valence-corrected chi connectivity index (χ4v) is 2.54. The third-order valence-corrected chi connectivity index (χ3v) is 4.06. The summed E-state index contributed by atoms with van der Waals surface area (Å²) in [5.41, 5.74) is 1.89. The molecule has 1 atom stereocenters. The molecule has 0 saturated carbocycles. The average Bonchev–Trinajstić information content (AvgIpc) is 3.22. The van der Waals surface area contributed by atoms with E-state index >= 15 is 0 Å². The molecule has 3 rings (SSSR count). The van der Waals surface area contributed by atoms with Crippen molar-refractivity contribution < 1.29 is 9.21 Å². The summed E-state index contributed by atoms with van der Waals surface area (Å²) in [5, 5.41) is 8.17. The van der Waals surface area contributed by atoms with Crippen LogP contribution in [0.25, 0.3) is 22.5 Å². The number of nitrogens with zero attached hydrogens (tertiary/aromatic N) is 3. The molecule has 126 valence electrons. The quantitative estimate of drug-likeness (QED) is 0.774. The number of pyridine rings is 1. The Bertz CT molecular complexity index is 849. The van der Waals surface area contributed by atoms with E-state index in [0.29, 0.717) is 22.7 Å². The fourth-order valence-electron chi connectivity index (χ4n) is 2.54. The third-order valence-electron chi connectivity index (χ3n) is 4.06. The molecule has 0 aliphatic carbocycles. The molecule has 3 aromatic rings. The lowest BCUT2D eigenvalue weighted by Crippen LogP contribution is -2.32. The molecule has 6 heteroatoms. The number of furan rings is 1. The van der Waals surface area contributed by atoms with Crippen molar-refractivity contribution in [2.24, 2.45) is 0 Å². The highest BCUT2D eigenvalue weighted by Crippen LogP contribution is 2.26.